The smallest absolute Gasteiger partial charge is 0.0492 e. The second-order valence-corrected chi connectivity index (χ2v) is 4.49. The number of nitrogens with zero attached hydrogens (tertiary/aromatic N) is 1. The van der Waals surface area contributed by atoms with Crippen molar-refractivity contribution in [3.8, 4) is 0 Å². The Hall–Kier alpha value is -0.330. The lowest BCUT2D eigenvalue weighted by Gasteiger charge is -2.27. The van der Waals surface area contributed by atoms with Crippen LogP contribution in [0.1, 0.15) is 46.0 Å². The molecule has 0 bridgehead atoms. The van der Waals surface area contributed by atoms with Crippen LogP contribution in [0.4, 0.5) is 0 Å². The van der Waals surface area contributed by atoms with Gasteiger partial charge in [0.25, 0.3) is 0 Å². The van der Waals surface area contributed by atoms with Crippen molar-refractivity contribution in [2.45, 2.75) is 52.0 Å². The molecule has 0 aromatic heterocycles. The molecule has 1 fully saturated rings. The maximum absolute atomic E-state index is 4.11. The fourth-order valence-electron chi connectivity index (χ4n) is 2.23. The molecule has 1 saturated carbocycles. The average molecular weight is 167 g/mol. The molecule has 1 nitrogen and oxygen atoms in total. The first-order valence-corrected chi connectivity index (χ1v) is 5.18. The number of rotatable bonds is 3. The summed E-state index contributed by atoms with van der Waals surface area (Å²) in [6.07, 6.45) is 6.72. The van der Waals surface area contributed by atoms with Crippen molar-refractivity contribution in [2.75, 3.05) is 0 Å². The van der Waals surface area contributed by atoms with Crippen molar-refractivity contribution in [2.24, 2.45) is 16.8 Å². The second-order valence-electron chi connectivity index (χ2n) is 4.49. The normalized spacial score (nSPS) is 30.6. The minimum absolute atomic E-state index is 0.577. The van der Waals surface area contributed by atoms with Crippen LogP contribution in [-0.2, 0) is 0 Å². The Morgan fingerprint density at radius 3 is 2.25 bits per heavy atom. The number of hydrogen-bond acceptors (Lipinski definition) is 1. The molecule has 0 atom stereocenters. The van der Waals surface area contributed by atoms with Gasteiger partial charge in [-0.15, -0.1) is 0 Å². The maximum Gasteiger partial charge on any atom is 0.0492 e. The van der Waals surface area contributed by atoms with Crippen LogP contribution in [0.2, 0.25) is 0 Å². The molecule has 0 N–H and O–H groups in total. The molecule has 0 amide bonds. The van der Waals surface area contributed by atoms with Gasteiger partial charge in [-0.1, -0.05) is 13.8 Å². The third kappa shape index (κ3) is 2.96. The SMILES string of the molecule is C=NC1CCC(CC(C)C)CC1. The van der Waals surface area contributed by atoms with Gasteiger partial charge in [-0.25, -0.2) is 0 Å². The highest BCUT2D eigenvalue weighted by Crippen LogP contribution is 2.30. The Morgan fingerprint density at radius 2 is 1.83 bits per heavy atom. The van der Waals surface area contributed by atoms with Crippen molar-refractivity contribution < 1.29 is 0 Å². The lowest BCUT2D eigenvalue weighted by molar-refractivity contribution is 0.285. The van der Waals surface area contributed by atoms with Gasteiger partial charge in [-0.2, -0.15) is 0 Å². The van der Waals surface area contributed by atoms with Gasteiger partial charge in [-0.05, 0) is 50.7 Å². The first kappa shape index (κ1) is 9.76. The summed E-state index contributed by atoms with van der Waals surface area (Å²) in [4.78, 5) is 4.11. The third-order valence-electron chi connectivity index (χ3n) is 2.88. The van der Waals surface area contributed by atoms with Crippen LogP contribution < -0.4 is 0 Å². The van der Waals surface area contributed by atoms with E-state index in [4.69, 9.17) is 0 Å². The predicted molar refractivity (Wildman–Crippen MR) is 54.8 cm³/mol. The highest BCUT2D eigenvalue weighted by Gasteiger charge is 2.20. The van der Waals surface area contributed by atoms with E-state index in [1.165, 1.54) is 32.1 Å². The molecule has 0 saturated heterocycles. The van der Waals surface area contributed by atoms with E-state index in [1.807, 2.05) is 0 Å². The maximum atomic E-state index is 4.11. The molecule has 12 heavy (non-hydrogen) atoms. The molecular formula is C11H21N. The monoisotopic (exact) mass is 167 g/mol. The van der Waals surface area contributed by atoms with E-state index in [-0.39, 0.29) is 0 Å². The minimum atomic E-state index is 0.577. The van der Waals surface area contributed by atoms with E-state index in [1.54, 1.807) is 0 Å². The highest BCUT2D eigenvalue weighted by molar-refractivity contribution is 5.24. The van der Waals surface area contributed by atoms with Gasteiger partial charge in [0, 0.05) is 6.04 Å². The summed E-state index contributed by atoms with van der Waals surface area (Å²) >= 11 is 0. The molecule has 0 unspecified atom stereocenters. The number of hydrogen-bond donors (Lipinski definition) is 0. The molecule has 0 heterocycles. The quantitative estimate of drug-likeness (QED) is 0.572. The van der Waals surface area contributed by atoms with E-state index in [2.05, 4.69) is 25.6 Å². The first-order valence-electron chi connectivity index (χ1n) is 5.18. The molecule has 1 aliphatic carbocycles. The summed E-state index contributed by atoms with van der Waals surface area (Å²) in [6, 6.07) is 0.577. The van der Waals surface area contributed by atoms with E-state index in [0.29, 0.717) is 6.04 Å². The lowest BCUT2D eigenvalue weighted by atomic mass is 9.82. The zero-order valence-electron chi connectivity index (χ0n) is 8.42. The number of aliphatic imine (C=N–C) groups is 1. The first-order chi connectivity index (χ1) is 5.72. The molecule has 0 aliphatic heterocycles. The Bertz CT molecular complexity index is 132. The van der Waals surface area contributed by atoms with Gasteiger partial charge in [0.15, 0.2) is 0 Å². The molecule has 0 aromatic carbocycles. The molecule has 70 valence electrons. The summed E-state index contributed by atoms with van der Waals surface area (Å²) in [5, 5.41) is 0. The highest BCUT2D eigenvalue weighted by atomic mass is 14.7. The van der Waals surface area contributed by atoms with Gasteiger partial charge in [-0.3, -0.25) is 4.99 Å². The summed E-state index contributed by atoms with van der Waals surface area (Å²) in [5.74, 6) is 1.84. The Kier molecular flexibility index (Phi) is 3.77. The third-order valence-corrected chi connectivity index (χ3v) is 2.88. The lowest BCUT2D eigenvalue weighted by Crippen LogP contribution is -2.18. The van der Waals surface area contributed by atoms with Crippen LogP contribution in [0.25, 0.3) is 0 Å². The standard InChI is InChI=1S/C11H21N/c1-9(2)8-10-4-6-11(12-3)7-5-10/h9-11H,3-8H2,1-2H3. The fraction of sp³-hybridized carbons (Fsp3) is 0.909. The molecule has 1 aliphatic rings. The summed E-state index contributed by atoms with van der Waals surface area (Å²) in [5.41, 5.74) is 0. The fourth-order valence-corrected chi connectivity index (χ4v) is 2.23. The Balaban J connectivity index is 2.21. The van der Waals surface area contributed by atoms with E-state index >= 15 is 0 Å². The van der Waals surface area contributed by atoms with Crippen molar-refractivity contribution in [1.82, 2.24) is 0 Å². The van der Waals surface area contributed by atoms with Gasteiger partial charge in [0.05, 0.1) is 0 Å². The van der Waals surface area contributed by atoms with Gasteiger partial charge in [0.2, 0.25) is 0 Å². The van der Waals surface area contributed by atoms with Crippen molar-refractivity contribution in [3.63, 3.8) is 0 Å². The predicted octanol–water partition coefficient (Wildman–Crippen LogP) is 3.29. The van der Waals surface area contributed by atoms with Crippen LogP contribution in [0.5, 0.6) is 0 Å². The van der Waals surface area contributed by atoms with Crippen molar-refractivity contribution >= 4 is 6.72 Å². The van der Waals surface area contributed by atoms with E-state index in [9.17, 15) is 0 Å². The van der Waals surface area contributed by atoms with Crippen LogP contribution >= 0.6 is 0 Å². The zero-order chi connectivity index (χ0) is 8.97. The molecular weight excluding hydrogens is 146 g/mol. The topological polar surface area (TPSA) is 12.4 Å². The van der Waals surface area contributed by atoms with Crippen LogP contribution in [0.3, 0.4) is 0 Å². The van der Waals surface area contributed by atoms with Crippen LogP contribution in [0.15, 0.2) is 4.99 Å². The Morgan fingerprint density at radius 1 is 1.25 bits per heavy atom. The molecule has 0 radical (unpaired) electrons. The van der Waals surface area contributed by atoms with Crippen molar-refractivity contribution in [1.29, 1.82) is 0 Å². The van der Waals surface area contributed by atoms with Gasteiger partial charge in [0.1, 0.15) is 0 Å². The van der Waals surface area contributed by atoms with Gasteiger partial charge < -0.3 is 0 Å². The molecule has 1 heteroatoms. The van der Waals surface area contributed by atoms with Crippen molar-refractivity contribution in [3.05, 3.63) is 0 Å². The van der Waals surface area contributed by atoms with E-state index in [0.717, 1.165) is 11.8 Å². The summed E-state index contributed by atoms with van der Waals surface area (Å²) in [6.45, 7) is 8.25. The summed E-state index contributed by atoms with van der Waals surface area (Å²) < 4.78 is 0. The minimum Gasteiger partial charge on any atom is -0.298 e. The molecule has 0 spiro atoms. The van der Waals surface area contributed by atoms with E-state index < -0.39 is 0 Å². The van der Waals surface area contributed by atoms with Crippen LogP contribution in [0, 0.1) is 11.8 Å². The zero-order valence-corrected chi connectivity index (χ0v) is 8.42. The Labute approximate surface area is 76.3 Å². The van der Waals surface area contributed by atoms with Gasteiger partial charge >= 0.3 is 0 Å². The molecule has 1 rings (SSSR count). The second kappa shape index (κ2) is 4.64. The summed E-state index contributed by atoms with van der Waals surface area (Å²) in [7, 11) is 0. The van der Waals surface area contributed by atoms with Crippen LogP contribution in [-0.4, -0.2) is 12.8 Å². The molecule has 0 aromatic rings. The largest absolute Gasteiger partial charge is 0.298 e. The average Bonchev–Trinajstić information content (AvgIpc) is 2.05.